The zero-order valence-electron chi connectivity index (χ0n) is 18.4. The van der Waals surface area contributed by atoms with Crippen molar-refractivity contribution in [2.45, 2.75) is 26.0 Å². The number of hydrogen-bond donors (Lipinski definition) is 1. The number of benzene rings is 1. The Morgan fingerprint density at radius 2 is 2.18 bits per heavy atom. The average molecular weight is 163 g/mol. The van der Waals surface area contributed by atoms with Crippen molar-refractivity contribution in [1.29, 1.82) is 0 Å². The zero-order chi connectivity index (χ0) is 19.5. The topological polar surface area (TPSA) is 20.2 Å². The molecule has 0 saturated heterocycles. The van der Waals surface area contributed by atoms with Crippen molar-refractivity contribution < 1.29 is 22.9 Å². The van der Waals surface area contributed by atoms with Gasteiger partial charge in [0.25, 0.3) is 0 Å². The van der Waals surface area contributed by atoms with E-state index in [1.54, 1.807) is 0 Å². The Hall–Kier alpha value is -0.980. The van der Waals surface area contributed by atoms with Crippen LogP contribution in [0.15, 0.2) is 24.2 Å². The normalized spacial score (nSPS) is 32.2. The van der Waals surface area contributed by atoms with Gasteiger partial charge in [0, 0.05) is 12.3 Å². The second-order valence-corrected chi connectivity index (χ2v) is 1.97. The first kappa shape index (κ1) is 1.54. The molecule has 0 radical (unpaired) electrons. The van der Waals surface area contributed by atoms with Crippen LogP contribution in [0.2, 0.25) is 0 Å². The van der Waals surface area contributed by atoms with Gasteiger partial charge in [0.1, 0.15) is 5.75 Å². The molecule has 0 spiro atoms. The number of rotatable bonds is 0. The van der Waals surface area contributed by atoms with E-state index in [0.717, 1.165) is 0 Å². The molecule has 1 nitrogen and oxygen atoms in total. The van der Waals surface area contributed by atoms with Crippen molar-refractivity contribution in [1.82, 2.24) is 0 Å². The van der Waals surface area contributed by atoms with Crippen molar-refractivity contribution in [3.8, 4) is 5.75 Å². The van der Waals surface area contributed by atoms with E-state index in [-0.39, 0.29) is 0 Å². The molecule has 1 aromatic rings. The maximum Gasteiger partial charge on any atom is 0.115 e. The first-order valence-corrected chi connectivity index (χ1v) is 2.72. The third-order valence-corrected chi connectivity index (χ3v) is 0.987. The molecule has 0 aliphatic carbocycles. The summed E-state index contributed by atoms with van der Waals surface area (Å²) in [4.78, 5) is 0. The SMILES string of the molecule is [2H]c1c([2H])c(O)c([2H])c(C(C([2H])([2H])[2H])(C([2H])([2H])[2H])C([2H])([2H])[2H])c1[2H]. The summed E-state index contributed by atoms with van der Waals surface area (Å²) in [6.07, 6.45) is 0. The lowest BCUT2D eigenvalue weighted by molar-refractivity contribution is 0.471. The molecular formula is C10H14O. The molecule has 0 saturated carbocycles. The maximum atomic E-state index is 9.72. The van der Waals surface area contributed by atoms with Crippen LogP contribution in [-0.4, -0.2) is 5.11 Å². The number of phenols is 1. The minimum Gasteiger partial charge on any atom is -0.508 e. The van der Waals surface area contributed by atoms with E-state index in [1.807, 2.05) is 0 Å². The van der Waals surface area contributed by atoms with Gasteiger partial charge in [-0.2, -0.15) is 0 Å². The van der Waals surface area contributed by atoms with Crippen LogP contribution in [0.4, 0.5) is 0 Å². The van der Waals surface area contributed by atoms with Gasteiger partial charge in [0.2, 0.25) is 0 Å². The van der Waals surface area contributed by atoms with Gasteiger partial charge in [0.15, 0.2) is 0 Å². The second-order valence-electron chi connectivity index (χ2n) is 1.97. The number of hydrogen-bond acceptors (Lipinski definition) is 1. The minimum atomic E-state index is -3.72. The highest BCUT2D eigenvalue weighted by molar-refractivity contribution is 5.31. The lowest BCUT2D eigenvalue weighted by atomic mass is 9.87. The van der Waals surface area contributed by atoms with Crippen LogP contribution in [0.25, 0.3) is 0 Å². The van der Waals surface area contributed by atoms with E-state index < -0.39 is 61.5 Å². The van der Waals surface area contributed by atoms with Crippen LogP contribution in [0.5, 0.6) is 5.75 Å². The molecule has 1 rings (SSSR count). The molecule has 0 unspecified atom stereocenters. The Kier molecular flexibility index (Phi) is 0.360. The molecule has 60 valence electrons. The summed E-state index contributed by atoms with van der Waals surface area (Å²) in [6, 6.07) is -4.54. The van der Waals surface area contributed by atoms with Crippen molar-refractivity contribution in [2.75, 3.05) is 0 Å². The van der Waals surface area contributed by atoms with Gasteiger partial charge in [-0.05, 0) is 23.1 Å². The third kappa shape index (κ3) is 1.97. The van der Waals surface area contributed by atoms with Crippen LogP contribution < -0.4 is 0 Å². The lowest BCUT2D eigenvalue weighted by Gasteiger charge is -2.18. The van der Waals surface area contributed by atoms with Gasteiger partial charge in [-0.25, -0.2) is 0 Å². The van der Waals surface area contributed by atoms with Crippen molar-refractivity contribution in [3.05, 3.63) is 29.7 Å². The Labute approximate surface area is 86.0 Å². The third-order valence-electron chi connectivity index (χ3n) is 0.987. The first-order valence-electron chi connectivity index (χ1n) is 9.22. The highest BCUT2D eigenvalue weighted by Gasteiger charge is 2.12. The van der Waals surface area contributed by atoms with Gasteiger partial charge >= 0.3 is 0 Å². The molecule has 0 aliphatic rings. The molecular weight excluding hydrogens is 136 g/mol. The Morgan fingerprint density at radius 3 is 2.82 bits per heavy atom. The van der Waals surface area contributed by atoms with E-state index in [9.17, 15) is 5.11 Å². The largest absolute Gasteiger partial charge is 0.508 e. The fourth-order valence-corrected chi connectivity index (χ4v) is 0.521. The molecule has 0 aromatic heterocycles. The highest BCUT2D eigenvalue weighted by atomic mass is 16.3. The predicted molar refractivity (Wildman–Crippen MR) is 46.8 cm³/mol. The van der Waals surface area contributed by atoms with Gasteiger partial charge in [-0.1, -0.05) is 32.6 Å². The number of aromatic hydroxyl groups is 1. The maximum absolute atomic E-state index is 9.72. The summed E-state index contributed by atoms with van der Waals surface area (Å²) in [5, 5.41) is 9.72. The molecule has 11 heavy (non-hydrogen) atoms. The lowest BCUT2D eigenvalue weighted by Crippen LogP contribution is -2.10. The van der Waals surface area contributed by atoms with Crippen LogP contribution in [0.3, 0.4) is 0 Å². The van der Waals surface area contributed by atoms with Gasteiger partial charge in [0.05, 0.1) is 5.48 Å². The summed E-state index contributed by atoms with van der Waals surface area (Å²) >= 11 is 0. The monoisotopic (exact) mass is 163 g/mol. The summed E-state index contributed by atoms with van der Waals surface area (Å²) in [5.41, 5.74) is -5.00. The van der Waals surface area contributed by atoms with Gasteiger partial charge in [-0.15, -0.1) is 0 Å². The fourth-order valence-electron chi connectivity index (χ4n) is 0.521. The fraction of sp³-hybridized carbons (Fsp3) is 0.400. The van der Waals surface area contributed by atoms with E-state index in [1.165, 1.54) is 0 Å². The Morgan fingerprint density at radius 1 is 1.45 bits per heavy atom. The van der Waals surface area contributed by atoms with Gasteiger partial charge < -0.3 is 5.11 Å². The predicted octanol–water partition coefficient (Wildman–Crippen LogP) is 2.69. The molecule has 1 heteroatoms. The molecule has 0 fully saturated rings. The molecule has 1 N–H and O–H groups in total. The molecule has 1 aromatic carbocycles. The summed E-state index contributed by atoms with van der Waals surface area (Å²) in [5.74, 6) is -1.26. The molecule has 0 amide bonds. The zero-order valence-corrected chi connectivity index (χ0v) is 5.45. The first-order chi connectivity index (χ1) is 10.4. The summed E-state index contributed by atoms with van der Waals surface area (Å²) < 4.78 is 98.2. The molecule has 0 aliphatic heterocycles. The minimum absolute atomic E-state index is 0.996. The van der Waals surface area contributed by atoms with E-state index >= 15 is 0 Å². The van der Waals surface area contributed by atoms with Gasteiger partial charge in [-0.3, -0.25) is 0 Å². The highest BCUT2D eigenvalue weighted by Crippen LogP contribution is 2.24. The van der Waals surface area contributed by atoms with E-state index in [0.29, 0.717) is 0 Å². The van der Waals surface area contributed by atoms with Crippen molar-refractivity contribution >= 4 is 0 Å². The van der Waals surface area contributed by atoms with Crippen LogP contribution in [0, 0.1) is 0 Å². The van der Waals surface area contributed by atoms with Crippen molar-refractivity contribution in [3.63, 3.8) is 0 Å². The standard InChI is InChI=1S/C10H14O/c1-10(2,3)8-5-4-6-9(11)7-8/h4-7,11H,1-3H3/i1D3,2D3,3D3,4D,5D,6D,7D. The van der Waals surface area contributed by atoms with E-state index in [2.05, 4.69) is 0 Å². The molecule has 0 bridgehead atoms. The molecule has 0 heterocycles. The van der Waals surface area contributed by atoms with Crippen LogP contribution in [0.1, 0.15) is 43.9 Å². The summed E-state index contributed by atoms with van der Waals surface area (Å²) in [7, 11) is 0. The average Bonchev–Trinajstić information content (AvgIpc) is 2.34. The second kappa shape index (κ2) is 2.57. The Balaban J connectivity index is 4.27. The van der Waals surface area contributed by atoms with Crippen LogP contribution in [-0.2, 0) is 5.41 Å². The van der Waals surface area contributed by atoms with E-state index in [4.69, 9.17) is 17.8 Å². The molecule has 0 atom stereocenters. The number of phenolic OH excluding ortho intramolecular Hbond substituents is 1. The smallest absolute Gasteiger partial charge is 0.115 e. The Bertz CT molecular complexity index is 586. The summed E-state index contributed by atoms with van der Waals surface area (Å²) in [6.45, 7) is -11.2. The quantitative estimate of drug-likeness (QED) is 0.623. The van der Waals surface area contributed by atoms with Crippen LogP contribution >= 0.6 is 0 Å². The van der Waals surface area contributed by atoms with Crippen molar-refractivity contribution in [2.24, 2.45) is 0 Å².